The molecule has 0 fully saturated rings. The average Bonchev–Trinajstić information content (AvgIpc) is 2.18. The number of benzene rings is 1. The lowest BCUT2D eigenvalue weighted by molar-refractivity contribution is -0.499. The van der Waals surface area contributed by atoms with Crippen molar-refractivity contribution in [2.45, 2.75) is 0 Å². The SMILES string of the molecule is COc1cccc(C=[NH+]NC(N)=S)c1. The highest BCUT2D eigenvalue weighted by atomic mass is 32.1. The van der Waals surface area contributed by atoms with Crippen LogP contribution < -0.4 is 21.0 Å². The van der Waals surface area contributed by atoms with E-state index in [0.717, 1.165) is 11.3 Å². The Morgan fingerprint density at radius 2 is 2.43 bits per heavy atom. The van der Waals surface area contributed by atoms with E-state index in [1.54, 1.807) is 13.3 Å². The minimum Gasteiger partial charge on any atom is -0.497 e. The molecule has 1 aromatic rings. The van der Waals surface area contributed by atoms with Crippen LogP contribution in [-0.2, 0) is 0 Å². The first kappa shape index (κ1) is 10.5. The summed E-state index contributed by atoms with van der Waals surface area (Å²) >= 11 is 4.62. The van der Waals surface area contributed by atoms with Gasteiger partial charge >= 0.3 is 0 Å². The van der Waals surface area contributed by atoms with Crippen molar-refractivity contribution in [1.82, 2.24) is 5.43 Å². The minimum atomic E-state index is 0.198. The zero-order chi connectivity index (χ0) is 10.4. The normalized spacial score (nSPS) is 10.1. The number of nitrogens with two attached hydrogens (primary N) is 1. The van der Waals surface area contributed by atoms with Crippen molar-refractivity contribution in [3.8, 4) is 5.75 Å². The Kier molecular flexibility index (Phi) is 3.87. The molecule has 0 atom stereocenters. The molecular formula is C9H12N3OS+. The lowest BCUT2D eigenvalue weighted by Gasteiger charge is -1.97. The zero-order valence-corrected chi connectivity index (χ0v) is 8.60. The Labute approximate surface area is 87.8 Å². The maximum Gasteiger partial charge on any atom is 0.221 e. The van der Waals surface area contributed by atoms with Gasteiger partial charge in [-0.1, -0.05) is 6.07 Å². The average molecular weight is 210 g/mol. The van der Waals surface area contributed by atoms with Crippen LogP contribution in [0.1, 0.15) is 5.56 Å². The molecule has 0 saturated heterocycles. The molecule has 4 N–H and O–H groups in total. The first-order chi connectivity index (χ1) is 6.72. The number of hydrogen-bond donors (Lipinski definition) is 3. The Morgan fingerprint density at radius 1 is 1.64 bits per heavy atom. The summed E-state index contributed by atoms with van der Waals surface area (Å²) in [7, 11) is 1.62. The number of hydrazone groups is 1. The fourth-order valence-corrected chi connectivity index (χ4v) is 0.981. The van der Waals surface area contributed by atoms with E-state index in [1.807, 2.05) is 24.3 Å². The van der Waals surface area contributed by atoms with Crippen LogP contribution in [0.4, 0.5) is 0 Å². The highest BCUT2D eigenvalue weighted by molar-refractivity contribution is 7.80. The van der Waals surface area contributed by atoms with Gasteiger partial charge in [0.25, 0.3) is 0 Å². The van der Waals surface area contributed by atoms with Gasteiger partial charge in [-0.3, -0.25) is 0 Å². The highest BCUT2D eigenvalue weighted by Gasteiger charge is 1.94. The second kappa shape index (κ2) is 5.18. The van der Waals surface area contributed by atoms with Crippen LogP contribution in [0, 0.1) is 0 Å². The molecule has 74 valence electrons. The number of methoxy groups -OCH3 is 1. The summed E-state index contributed by atoms with van der Waals surface area (Å²) in [5.74, 6) is 0.802. The van der Waals surface area contributed by atoms with Crippen LogP contribution in [0.25, 0.3) is 0 Å². The Bertz CT molecular complexity index is 352. The first-order valence-corrected chi connectivity index (χ1v) is 4.41. The molecule has 4 nitrogen and oxygen atoms in total. The second-order valence-electron chi connectivity index (χ2n) is 2.55. The molecular weight excluding hydrogens is 198 g/mol. The van der Waals surface area contributed by atoms with Gasteiger partial charge in [0.05, 0.1) is 7.11 Å². The van der Waals surface area contributed by atoms with Crippen molar-refractivity contribution in [1.29, 1.82) is 0 Å². The summed E-state index contributed by atoms with van der Waals surface area (Å²) in [6, 6.07) is 7.58. The molecule has 0 bridgehead atoms. The maximum atomic E-state index is 5.23. The third kappa shape index (κ3) is 3.40. The Morgan fingerprint density at radius 3 is 3.07 bits per heavy atom. The molecule has 0 unspecified atom stereocenters. The zero-order valence-electron chi connectivity index (χ0n) is 7.78. The van der Waals surface area contributed by atoms with Gasteiger partial charge < -0.3 is 10.5 Å². The molecule has 5 heteroatoms. The molecule has 14 heavy (non-hydrogen) atoms. The van der Waals surface area contributed by atoms with Gasteiger partial charge in [-0.05, 0) is 30.4 Å². The molecule has 0 aliphatic rings. The summed E-state index contributed by atoms with van der Waals surface area (Å²) in [5, 5.41) is 2.95. The van der Waals surface area contributed by atoms with Gasteiger partial charge in [-0.25, -0.2) is 0 Å². The van der Waals surface area contributed by atoms with Crippen LogP contribution in [0.5, 0.6) is 5.75 Å². The summed E-state index contributed by atoms with van der Waals surface area (Å²) in [4.78, 5) is 0. The quantitative estimate of drug-likeness (QED) is 0.338. The molecule has 0 amide bonds. The monoisotopic (exact) mass is 210 g/mol. The standard InChI is InChI=1S/C9H11N3OS/c1-13-8-4-2-3-7(5-8)6-11-12-9(10)14/h2-6H,1H3,(H3,10,12,14)/p+1. The lowest BCUT2D eigenvalue weighted by Crippen LogP contribution is -2.82. The van der Waals surface area contributed by atoms with Gasteiger partial charge in [0.15, 0.2) is 6.21 Å². The molecule has 0 radical (unpaired) electrons. The molecule has 0 heterocycles. The smallest absolute Gasteiger partial charge is 0.221 e. The van der Waals surface area contributed by atoms with E-state index < -0.39 is 0 Å². The fraction of sp³-hybridized carbons (Fsp3) is 0.111. The molecule has 0 spiro atoms. The van der Waals surface area contributed by atoms with Crippen LogP contribution in [-0.4, -0.2) is 18.4 Å². The van der Waals surface area contributed by atoms with E-state index in [9.17, 15) is 0 Å². The van der Waals surface area contributed by atoms with E-state index in [2.05, 4.69) is 22.7 Å². The molecule has 0 aliphatic carbocycles. The van der Waals surface area contributed by atoms with Crippen molar-refractivity contribution in [3.63, 3.8) is 0 Å². The minimum absolute atomic E-state index is 0.198. The number of hydrogen-bond acceptors (Lipinski definition) is 2. The summed E-state index contributed by atoms with van der Waals surface area (Å²) < 4.78 is 5.06. The molecule has 1 aromatic carbocycles. The number of hydrazine groups is 1. The van der Waals surface area contributed by atoms with Crippen molar-refractivity contribution >= 4 is 23.5 Å². The fourth-order valence-electron chi connectivity index (χ4n) is 0.922. The van der Waals surface area contributed by atoms with E-state index in [1.165, 1.54) is 0 Å². The predicted octanol–water partition coefficient (Wildman–Crippen LogP) is -1.06. The van der Waals surface area contributed by atoms with Gasteiger partial charge in [0.2, 0.25) is 5.11 Å². The van der Waals surface area contributed by atoms with Crippen molar-refractivity contribution in [2.24, 2.45) is 5.73 Å². The number of thiocarbonyl (C=S) groups is 1. The van der Waals surface area contributed by atoms with E-state index in [0.29, 0.717) is 0 Å². The Hall–Kier alpha value is -1.62. The van der Waals surface area contributed by atoms with Gasteiger partial charge in [-0.15, -0.1) is 10.5 Å². The number of ether oxygens (including phenoxy) is 1. The van der Waals surface area contributed by atoms with Gasteiger partial charge in [0.1, 0.15) is 5.75 Å². The molecule has 1 rings (SSSR count). The van der Waals surface area contributed by atoms with Crippen LogP contribution >= 0.6 is 12.2 Å². The van der Waals surface area contributed by atoms with Gasteiger partial charge in [0, 0.05) is 5.56 Å². The van der Waals surface area contributed by atoms with E-state index in [4.69, 9.17) is 10.5 Å². The number of rotatable bonds is 3. The lowest BCUT2D eigenvalue weighted by atomic mass is 10.2. The van der Waals surface area contributed by atoms with Crippen LogP contribution in [0.15, 0.2) is 24.3 Å². The van der Waals surface area contributed by atoms with Crippen molar-refractivity contribution in [2.75, 3.05) is 7.11 Å². The number of nitrogens with one attached hydrogen (secondary N) is 2. The van der Waals surface area contributed by atoms with Crippen LogP contribution in [0.3, 0.4) is 0 Å². The topological polar surface area (TPSA) is 61.2 Å². The van der Waals surface area contributed by atoms with E-state index in [-0.39, 0.29) is 5.11 Å². The maximum absolute atomic E-state index is 5.23. The van der Waals surface area contributed by atoms with E-state index >= 15 is 0 Å². The summed E-state index contributed by atoms with van der Waals surface area (Å²) in [5.41, 5.74) is 8.79. The third-order valence-corrected chi connectivity index (χ3v) is 1.63. The molecule has 0 aromatic heterocycles. The highest BCUT2D eigenvalue weighted by Crippen LogP contribution is 2.09. The first-order valence-electron chi connectivity index (χ1n) is 4.00. The van der Waals surface area contributed by atoms with Crippen molar-refractivity contribution < 1.29 is 9.84 Å². The summed E-state index contributed by atoms with van der Waals surface area (Å²) in [6.07, 6.45) is 1.74. The third-order valence-electron chi connectivity index (χ3n) is 1.53. The second-order valence-corrected chi connectivity index (χ2v) is 2.99. The molecule has 0 aliphatic heterocycles. The predicted molar refractivity (Wildman–Crippen MR) is 59.0 cm³/mol. The van der Waals surface area contributed by atoms with Crippen molar-refractivity contribution in [3.05, 3.63) is 29.8 Å². The summed E-state index contributed by atoms with van der Waals surface area (Å²) in [6.45, 7) is 0. The van der Waals surface area contributed by atoms with Crippen LogP contribution in [0.2, 0.25) is 0 Å². The Balaban J connectivity index is 2.66. The molecule has 0 saturated carbocycles. The van der Waals surface area contributed by atoms with Gasteiger partial charge in [-0.2, -0.15) is 0 Å². The largest absolute Gasteiger partial charge is 0.497 e.